The Labute approximate surface area is 151 Å². The summed E-state index contributed by atoms with van der Waals surface area (Å²) in [6, 6.07) is 10.3. The number of ether oxygens (including phenoxy) is 1. The minimum Gasteiger partial charge on any atom is -0.416 e. The first-order valence-electron chi connectivity index (χ1n) is 10.1. The lowest BCUT2D eigenvalue weighted by Gasteiger charge is -2.42. The van der Waals surface area contributed by atoms with Crippen LogP contribution in [0.1, 0.15) is 54.9 Å². The summed E-state index contributed by atoms with van der Waals surface area (Å²) in [5, 5.41) is 0. The normalized spacial score (nSPS) is 24.7. The SMILES string of the molecule is [2H][C@@H]1[C@H](COCc2ccccc2)[C@H]1CO[Si](C(C)C)(C(C)C)C(C)C. The molecule has 0 saturated heterocycles. The van der Waals surface area contributed by atoms with Crippen molar-refractivity contribution < 1.29 is 10.5 Å². The molecule has 136 valence electrons. The first-order valence-corrected chi connectivity index (χ1v) is 11.6. The summed E-state index contributed by atoms with van der Waals surface area (Å²) >= 11 is 0. The van der Waals surface area contributed by atoms with Crippen molar-refractivity contribution in [1.29, 1.82) is 0 Å². The van der Waals surface area contributed by atoms with Crippen LogP contribution in [0.5, 0.6) is 0 Å². The molecule has 0 heterocycles. The summed E-state index contributed by atoms with van der Waals surface area (Å²) < 4.78 is 20.8. The molecule has 1 aliphatic carbocycles. The predicted molar refractivity (Wildman–Crippen MR) is 105 cm³/mol. The van der Waals surface area contributed by atoms with Crippen molar-refractivity contribution in [3.8, 4) is 0 Å². The zero-order valence-electron chi connectivity index (χ0n) is 17.3. The van der Waals surface area contributed by atoms with Gasteiger partial charge in [-0.3, -0.25) is 0 Å². The molecule has 0 spiro atoms. The standard InChI is InChI=1S/C21H36O2Si/c1-16(2)24(17(3)4,18(5)6)23-15-21-12-20(21)14-22-13-19-10-8-7-9-11-19/h7-11,16-18,20-21H,12-15H2,1-6H3/t20-,21-/m1/s1/i12D/t12-,20-,21-. The van der Waals surface area contributed by atoms with E-state index in [1.165, 1.54) is 5.56 Å². The molecule has 2 nitrogen and oxygen atoms in total. The third-order valence-corrected chi connectivity index (χ3v) is 11.6. The van der Waals surface area contributed by atoms with E-state index in [1.807, 2.05) is 18.2 Å². The zero-order chi connectivity index (χ0) is 18.6. The van der Waals surface area contributed by atoms with Crippen LogP contribution in [-0.4, -0.2) is 21.5 Å². The molecule has 3 atom stereocenters. The van der Waals surface area contributed by atoms with Gasteiger partial charge in [0.05, 0.1) is 13.2 Å². The average molecular weight is 350 g/mol. The van der Waals surface area contributed by atoms with Gasteiger partial charge in [-0.15, -0.1) is 0 Å². The number of hydrogen-bond acceptors (Lipinski definition) is 2. The lowest BCUT2D eigenvalue weighted by atomic mass is 10.2. The number of rotatable bonds is 10. The molecule has 0 unspecified atom stereocenters. The Kier molecular flexibility index (Phi) is 6.54. The van der Waals surface area contributed by atoms with Gasteiger partial charge in [0.1, 0.15) is 0 Å². The Hall–Kier alpha value is -0.643. The van der Waals surface area contributed by atoms with Crippen LogP contribution < -0.4 is 0 Å². The summed E-state index contributed by atoms with van der Waals surface area (Å²) in [7, 11) is -1.82. The van der Waals surface area contributed by atoms with Crippen molar-refractivity contribution in [3.63, 3.8) is 0 Å². The van der Waals surface area contributed by atoms with Crippen molar-refractivity contribution >= 4 is 8.32 Å². The summed E-state index contributed by atoms with van der Waals surface area (Å²) in [6.45, 7) is 16.0. The van der Waals surface area contributed by atoms with Crippen molar-refractivity contribution in [2.24, 2.45) is 11.8 Å². The molecule has 0 bridgehead atoms. The minimum atomic E-state index is -1.82. The van der Waals surface area contributed by atoms with Gasteiger partial charge >= 0.3 is 0 Å². The first kappa shape index (κ1) is 18.2. The smallest absolute Gasteiger partial charge is 0.200 e. The van der Waals surface area contributed by atoms with Gasteiger partial charge in [0, 0.05) is 7.98 Å². The van der Waals surface area contributed by atoms with Gasteiger partial charge in [0.2, 0.25) is 0 Å². The van der Waals surface area contributed by atoms with Gasteiger partial charge in [-0.2, -0.15) is 0 Å². The first-order chi connectivity index (χ1) is 11.8. The molecule has 1 aromatic carbocycles. The monoisotopic (exact) mass is 349 g/mol. The highest BCUT2D eigenvalue weighted by molar-refractivity contribution is 6.77. The molecular weight excluding hydrogens is 312 g/mol. The second-order valence-electron chi connectivity index (χ2n) is 8.15. The molecular formula is C21H36O2Si. The lowest BCUT2D eigenvalue weighted by molar-refractivity contribution is 0.104. The van der Waals surface area contributed by atoms with Crippen molar-refractivity contribution in [3.05, 3.63) is 35.9 Å². The third-order valence-electron chi connectivity index (χ3n) is 5.56. The highest BCUT2D eigenvalue weighted by Crippen LogP contribution is 2.45. The Morgan fingerprint density at radius 3 is 2.04 bits per heavy atom. The second kappa shape index (κ2) is 8.64. The van der Waals surface area contributed by atoms with Crippen LogP contribution in [0.3, 0.4) is 0 Å². The fourth-order valence-electron chi connectivity index (χ4n) is 4.24. The van der Waals surface area contributed by atoms with E-state index in [0.29, 0.717) is 41.7 Å². The van der Waals surface area contributed by atoms with Gasteiger partial charge in [-0.25, -0.2) is 0 Å². The van der Waals surface area contributed by atoms with E-state index in [1.54, 1.807) is 0 Å². The van der Waals surface area contributed by atoms with Crippen LogP contribution in [0.4, 0.5) is 0 Å². The molecule has 1 aromatic rings. The van der Waals surface area contributed by atoms with E-state index in [-0.39, 0.29) is 6.40 Å². The number of benzene rings is 1. The van der Waals surface area contributed by atoms with Crippen molar-refractivity contribution in [1.82, 2.24) is 0 Å². The summed E-state index contributed by atoms with van der Waals surface area (Å²) in [4.78, 5) is 0. The molecule has 1 aliphatic rings. The van der Waals surface area contributed by atoms with Gasteiger partial charge < -0.3 is 9.16 Å². The summed E-state index contributed by atoms with van der Waals surface area (Å²) in [5.41, 5.74) is 3.00. The average Bonchev–Trinajstić information content (AvgIpc) is 3.16. The van der Waals surface area contributed by atoms with Gasteiger partial charge in [0.25, 0.3) is 0 Å². The third kappa shape index (κ3) is 4.71. The molecule has 0 N–H and O–H groups in total. The van der Waals surface area contributed by atoms with Crippen LogP contribution in [0.15, 0.2) is 30.3 Å². The summed E-state index contributed by atoms with van der Waals surface area (Å²) in [5.74, 6) is 0.681. The van der Waals surface area contributed by atoms with Gasteiger partial charge in [0.15, 0.2) is 8.32 Å². The topological polar surface area (TPSA) is 18.5 Å². The Balaban J connectivity index is 1.82. The van der Waals surface area contributed by atoms with Crippen LogP contribution in [0.25, 0.3) is 0 Å². The Bertz CT molecular complexity index is 496. The van der Waals surface area contributed by atoms with Gasteiger partial charge in [-0.05, 0) is 40.4 Å². The Morgan fingerprint density at radius 2 is 1.50 bits per heavy atom. The fraction of sp³-hybridized carbons (Fsp3) is 0.714. The minimum absolute atomic E-state index is 0.0195. The van der Waals surface area contributed by atoms with Crippen molar-refractivity contribution in [2.45, 2.75) is 71.2 Å². The molecule has 1 saturated carbocycles. The van der Waals surface area contributed by atoms with Crippen molar-refractivity contribution in [2.75, 3.05) is 13.2 Å². The van der Waals surface area contributed by atoms with Crippen LogP contribution in [-0.2, 0) is 15.8 Å². The van der Waals surface area contributed by atoms with Crippen LogP contribution >= 0.6 is 0 Å². The molecule has 1 fully saturated rings. The highest BCUT2D eigenvalue weighted by Gasteiger charge is 2.47. The van der Waals surface area contributed by atoms with Gasteiger partial charge in [-0.1, -0.05) is 71.9 Å². The summed E-state index contributed by atoms with van der Waals surface area (Å²) in [6.07, 6.45) is -0.0195. The highest BCUT2D eigenvalue weighted by atomic mass is 28.4. The molecule has 0 aromatic heterocycles. The molecule has 0 amide bonds. The molecule has 3 heteroatoms. The van der Waals surface area contributed by atoms with E-state index in [2.05, 4.69) is 53.7 Å². The number of hydrogen-bond donors (Lipinski definition) is 0. The van der Waals surface area contributed by atoms with Crippen LogP contribution in [0, 0.1) is 11.8 Å². The van der Waals surface area contributed by atoms with E-state index in [9.17, 15) is 0 Å². The van der Waals surface area contributed by atoms with E-state index >= 15 is 0 Å². The Morgan fingerprint density at radius 1 is 0.958 bits per heavy atom. The van der Waals surface area contributed by atoms with Crippen LogP contribution in [0.2, 0.25) is 16.6 Å². The predicted octanol–water partition coefficient (Wildman–Crippen LogP) is 6.03. The van der Waals surface area contributed by atoms with E-state index in [0.717, 1.165) is 6.61 Å². The largest absolute Gasteiger partial charge is 0.416 e. The molecule has 0 aliphatic heterocycles. The van der Waals surface area contributed by atoms with E-state index < -0.39 is 8.32 Å². The lowest BCUT2D eigenvalue weighted by Crippen LogP contribution is -2.48. The zero-order valence-corrected chi connectivity index (χ0v) is 17.3. The molecule has 24 heavy (non-hydrogen) atoms. The second-order valence-corrected chi connectivity index (χ2v) is 13.6. The molecule has 2 rings (SSSR count). The maximum Gasteiger partial charge on any atom is 0.200 e. The quantitative estimate of drug-likeness (QED) is 0.480. The maximum atomic E-state index is 8.28. The molecule has 0 radical (unpaired) electrons. The maximum absolute atomic E-state index is 8.28. The van der Waals surface area contributed by atoms with E-state index in [4.69, 9.17) is 10.5 Å². The fourth-order valence-corrected chi connectivity index (χ4v) is 9.72.